The van der Waals surface area contributed by atoms with Gasteiger partial charge in [-0.2, -0.15) is 0 Å². The molecule has 0 bridgehead atoms. The molecule has 1 aromatic rings. The molecule has 1 saturated heterocycles. The van der Waals surface area contributed by atoms with E-state index in [4.69, 9.17) is 23.2 Å². The average Bonchev–Trinajstić information content (AvgIpc) is 2.73. The number of alkyl halides is 2. The number of imide groups is 1. The summed E-state index contributed by atoms with van der Waals surface area (Å²) in [6.45, 7) is 3.00. The van der Waals surface area contributed by atoms with Crippen LogP contribution in [0.5, 0.6) is 0 Å². The van der Waals surface area contributed by atoms with Crippen molar-refractivity contribution in [3.63, 3.8) is 0 Å². The zero-order chi connectivity index (χ0) is 15.5. The van der Waals surface area contributed by atoms with Crippen molar-refractivity contribution in [2.45, 2.75) is 12.5 Å². The summed E-state index contributed by atoms with van der Waals surface area (Å²) in [5, 5.41) is 4.92. The topological polar surface area (TPSA) is 61.4 Å². The van der Waals surface area contributed by atoms with Crippen molar-refractivity contribution in [2.75, 3.05) is 29.7 Å². The Hall–Kier alpha value is -1.46. The number of carbonyl (C=O) groups excluding carboxylic acids is 2. The smallest absolute Gasteiger partial charge is 0.322 e. The van der Waals surface area contributed by atoms with Crippen LogP contribution in [0, 0.1) is 0 Å². The van der Waals surface area contributed by atoms with Gasteiger partial charge in [0.25, 0.3) is 5.91 Å². The molecule has 114 valence electrons. The number of rotatable bonds is 6. The number of hydrogen-bond donors (Lipinski definition) is 2. The first-order chi connectivity index (χ1) is 10.0. The van der Waals surface area contributed by atoms with Gasteiger partial charge in [-0.05, 0) is 24.6 Å². The van der Waals surface area contributed by atoms with Gasteiger partial charge in [0.05, 0.1) is 0 Å². The highest BCUT2D eigenvalue weighted by Crippen LogP contribution is 2.27. The molecule has 21 heavy (non-hydrogen) atoms. The fourth-order valence-electron chi connectivity index (χ4n) is 2.33. The maximum absolute atomic E-state index is 12.0. The Morgan fingerprint density at radius 3 is 2.38 bits per heavy atom. The number of nitrogens with zero attached hydrogens (tertiary/aromatic N) is 1. The summed E-state index contributed by atoms with van der Waals surface area (Å²) in [5.41, 5.74) is 0.585. The standard InChI is InChI=1S/C14H17Cl2N3O2/c1-14(12(20)17-13(21)18-14)10-3-2-4-11(9-10)19(7-5-15)8-6-16/h2-4,9H,5-8H2,1H3,(H2,17,18,20,21)/t14-/m1/s1. The van der Waals surface area contributed by atoms with Crippen molar-refractivity contribution in [1.82, 2.24) is 10.6 Å². The number of hydrogen-bond acceptors (Lipinski definition) is 3. The number of carbonyl (C=O) groups is 2. The lowest BCUT2D eigenvalue weighted by molar-refractivity contribution is -0.123. The van der Waals surface area contributed by atoms with Crippen LogP contribution in [0.25, 0.3) is 0 Å². The molecule has 7 heteroatoms. The largest absolute Gasteiger partial charge is 0.369 e. The minimum Gasteiger partial charge on any atom is -0.369 e. The summed E-state index contributed by atoms with van der Waals surface area (Å²) >= 11 is 11.6. The number of amides is 3. The molecule has 1 aliphatic rings. The lowest BCUT2D eigenvalue weighted by Gasteiger charge is -2.26. The summed E-state index contributed by atoms with van der Waals surface area (Å²) in [6.07, 6.45) is 0. The summed E-state index contributed by atoms with van der Waals surface area (Å²) < 4.78 is 0. The number of benzene rings is 1. The molecular formula is C14H17Cl2N3O2. The van der Waals surface area contributed by atoms with Crippen LogP contribution in [-0.4, -0.2) is 36.8 Å². The molecule has 0 saturated carbocycles. The summed E-state index contributed by atoms with van der Waals surface area (Å²) in [7, 11) is 0. The molecule has 2 N–H and O–H groups in total. The van der Waals surface area contributed by atoms with Gasteiger partial charge in [0.15, 0.2) is 0 Å². The first-order valence-electron chi connectivity index (χ1n) is 6.62. The van der Waals surface area contributed by atoms with E-state index in [1.165, 1.54) is 0 Å². The Kier molecular flexibility index (Phi) is 4.96. The van der Waals surface area contributed by atoms with E-state index in [-0.39, 0.29) is 5.91 Å². The van der Waals surface area contributed by atoms with Gasteiger partial charge in [-0.15, -0.1) is 23.2 Å². The van der Waals surface area contributed by atoms with Crippen LogP contribution < -0.4 is 15.5 Å². The fraction of sp³-hybridized carbons (Fsp3) is 0.429. The molecule has 1 aromatic carbocycles. The molecule has 0 unspecified atom stereocenters. The second kappa shape index (κ2) is 6.54. The quantitative estimate of drug-likeness (QED) is 0.620. The maximum Gasteiger partial charge on any atom is 0.322 e. The predicted molar refractivity (Wildman–Crippen MR) is 84.1 cm³/mol. The van der Waals surface area contributed by atoms with Gasteiger partial charge in [0, 0.05) is 30.5 Å². The van der Waals surface area contributed by atoms with Crippen LogP contribution in [0.3, 0.4) is 0 Å². The second-order valence-corrected chi connectivity index (χ2v) is 5.70. The second-order valence-electron chi connectivity index (χ2n) is 4.95. The van der Waals surface area contributed by atoms with Crippen LogP contribution in [0.15, 0.2) is 24.3 Å². The van der Waals surface area contributed by atoms with Crippen molar-refractivity contribution < 1.29 is 9.59 Å². The number of halogens is 2. The van der Waals surface area contributed by atoms with E-state index in [1.807, 2.05) is 29.2 Å². The highest BCUT2D eigenvalue weighted by atomic mass is 35.5. The molecule has 1 heterocycles. The zero-order valence-corrected chi connectivity index (χ0v) is 13.2. The van der Waals surface area contributed by atoms with Gasteiger partial charge >= 0.3 is 6.03 Å². The molecule has 5 nitrogen and oxygen atoms in total. The first-order valence-corrected chi connectivity index (χ1v) is 7.69. The highest BCUT2D eigenvalue weighted by molar-refractivity contribution is 6.18. The van der Waals surface area contributed by atoms with Crippen molar-refractivity contribution in [1.29, 1.82) is 0 Å². The summed E-state index contributed by atoms with van der Waals surface area (Å²) in [4.78, 5) is 25.4. The van der Waals surface area contributed by atoms with Crippen LogP contribution >= 0.6 is 23.2 Å². The van der Waals surface area contributed by atoms with Crippen LogP contribution in [0.4, 0.5) is 10.5 Å². The van der Waals surface area contributed by atoms with E-state index in [0.717, 1.165) is 11.3 Å². The van der Waals surface area contributed by atoms with E-state index in [2.05, 4.69) is 10.6 Å². The van der Waals surface area contributed by atoms with Crippen LogP contribution in [0.2, 0.25) is 0 Å². The monoisotopic (exact) mass is 329 g/mol. The van der Waals surface area contributed by atoms with E-state index < -0.39 is 11.6 Å². The van der Waals surface area contributed by atoms with E-state index in [9.17, 15) is 9.59 Å². The van der Waals surface area contributed by atoms with Gasteiger partial charge in [0.2, 0.25) is 0 Å². The fourth-order valence-corrected chi connectivity index (χ4v) is 2.74. The molecule has 3 amide bonds. The van der Waals surface area contributed by atoms with E-state index in [0.29, 0.717) is 24.8 Å². The normalized spacial score (nSPS) is 21.1. The van der Waals surface area contributed by atoms with Crippen molar-refractivity contribution in [3.8, 4) is 0 Å². The Bertz CT molecular complexity index is 547. The van der Waals surface area contributed by atoms with Crippen molar-refractivity contribution in [3.05, 3.63) is 29.8 Å². The van der Waals surface area contributed by atoms with Crippen molar-refractivity contribution in [2.24, 2.45) is 0 Å². The van der Waals surface area contributed by atoms with Crippen LogP contribution in [0.1, 0.15) is 12.5 Å². The molecule has 0 spiro atoms. The van der Waals surface area contributed by atoms with Crippen LogP contribution in [-0.2, 0) is 10.3 Å². The average molecular weight is 330 g/mol. The van der Waals surface area contributed by atoms with Gasteiger partial charge in [-0.1, -0.05) is 12.1 Å². The predicted octanol–water partition coefficient (Wildman–Crippen LogP) is 2.03. The Balaban J connectivity index is 2.32. The van der Waals surface area contributed by atoms with Gasteiger partial charge < -0.3 is 10.2 Å². The summed E-state index contributed by atoms with van der Waals surface area (Å²) in [6, 6.07) is 6.99. The zero-order valence-electron chi connectivity index (χ0n) is 11.7. The summed E-state index contributed by atoms with van der Waals surface area (Å²) in [5.74, 6) is 0.608. The SMILES string of the molecule is C[C@]1(c2cccc(N(CCCl)CCCl)c2)NC(=O)NC1=O. The lowest BCUT2D eigenvalue weighted by atomic mass is 9.92. The first kappa shape index (κ1) is 15.9. The molecule has 0 aliphatic carbocycles. The third-order valence-electron chi connectivity index (χ3n) is 3.54. The molecule has 1 atom stereocenters. The number of nitrogens with one attached hydrogen (secondary N) is 2. The van der Waals surface area contributed by atoms with Gasteiger partial charge in [-0.3, -0.25) is 10.1 Å². The molecule has 1 aliphatic heterocycles. The maximum atomic E-state index is 12.0. The van der Waals surface area contributed by atoms with Gasteiger partial charge in [-0.25, -0.2) is 4.79 Å². The minimum absolute atomic E-state index is 0.356. The van der Waals surface area contributed by atoms with Crippen molar-refractivity contribution >= 4 is 40.8 Å². The van der Waals surface area contributed by atoms with E-state index in [1.54, 1.807) is 6.92 Å². The molecule has 0 radical (unpaired) electrons. The Morgan fingerprint density at radius 1 is 1.19 bits per heavy atom. The van der Waals surface area contributed by atoms with Gasteiger partial charge in [0.1, 0.15) is 5.54 Å². The molecular weight excluding hydrogens is 313 g/mol. The molecule has 1 fully saturated rings. The third-order valence-corrected chi connectivity index (χ3v) is 3.88. The lowest BCUT2D eigenvalue weighted by Crippen LogP contribution is -2.40. The number of urea groups is 1. The highest BCUT2D eigenvalue weighted by Gasteiger charge is 2.43. The minimum atomic E-state index is -1.05. The van der Waals surface area contributed by atoms with E-state index >= 15 is 0 Å². The Morgan fingerprint density at radius 2 is 1.86 bits per heavy atom. The molecule has 2 rings (SSSR count). The Labute approximate surface area is 133 Å². The third kappa shape index (κ3) is 3.24. The number of anilines is 1. The molecule has 0 aromatic heterocycles.